The Kier molecular flexibility index (Phi) is 2.93. The summed E-state index contributed by atoms with van der Waals surface area (Å²) in [7, 11) is 2.11. The Hall–Kier alpha value is -1.59. The van der Waals surface area contributed by atoms with Gasteiger partial charge in [-0.05, 0) is 12.1 Å². The van der Waals surface area contributed by atoms with E-state index in [1.54, 1.807) is 17.5 Å². The molecule has 4 nitrogen and oxygen atoms in total. The van der Waals surface area contributed by atoms with Crippen LogP contribution in [0.2, 0.25) is 0 Å². The van der Waals surface area contributed by atoms with Crippen molar-refractivity contribution in [1.82, 2.24) is 4.98 Å². The lowest BCUT2D eigenvalue weighted by Gasteiger charge is -2.35. The van der Waals surface area contributed by atoms with Gasteiger partial charge in [0, 0.05) is 26.3 Å². The Morgan fingerprint density at radius 1 is 1.28 bits per heavy atom. The molecular weight excluding hydrogens is 246 g/mol. The summed E-state index contributed by atoms with van der Waals surface area (Å²) >= 11 is 1.55. The summed E-state index contributed by atoms with van der Waals surface area (Å²) in [6.45, 7) is 1.96. The average molecular weight is 261 g/mol. The highest BCUT2D eigenvalue weighted by Crippen LogP contribution is 2.38. The molecule has 1 aliphatic rings. The maximum absolute atomic E-state index is 9.13. The van der Waals surface area contributed by atoms with Gasteiger partial charge in [-0.1, -0.05) is 23.5 Å². The van der Waals surface area contributed by atoms with Crippen LogP contribution in [0.3, 0.4) is 0 Å². The molecule has 2 aromatic rings. The molecule has 1 aromatic heterocycles. The Labute approximate surface area is 110 Å². The number of aliphatic hydroxyl groups is 1. The van der Waals surface area contributed by atoms with Gasteiger partial charge in [0.15, 0.2) is 5.13 Å². The van der Waals surface area contributed by atoms with Gasteiger partial charge in [-0.15, -0.1) is 0 Å². The van der Waals surface area contributed by atoms with Crippen molar-refractivity contribution in [2.24, 2.45) is 0 Å². The van der Waals surface area contributed by atoms with Gasteiger partial charge in [0.25, 0.3) is 0 Å². The van der Waals surface area contributed by atoms with E-state index in [1.165, 1.54) is 11.4 Å². The van der Waals surface area contributed by atoms with Crippen LogP contribution in [0.1, 0.15) is 4.88 Å². The third-order valence-electron chi connectivity index (χ3n) is 3.17. The monoisotopic (exact) mass is 261 g/mol. The van der Waals surface area contributed by atoms with Crippen molar-refractivity contribution in [2.45, 2.75) is 6.61 Å². The molecule has 0 saturated carbocycles. The van der Waals surface area contributed by atoms with Gasteiger partial charge in [0.1, 0.15) is 0 Å². The molecule has 1 aliphatic heterocycles. The second-order valence-electron chi connectivity index (χ2n) is 4.33. The van der Waals surface area contributed by atoms with Crippen LogP contribution >= 0.6 is 11.3 Å². The summed E-state index contributed by atoms with van der Waals surface area (Å²) in [5.74, 6) is 0. The smallest absolute Gasteiger partial charge is 0.190 e. The molecule has 94 valence electrons. The topological polar surface area (TPSA) is 39.6 Å². The molecular formula is C13H15N3OS. The molecule has 0 fully saturated rings. The van der Waals surface area contributed by atoms with Gasteiger partial charge in [-0.3, -0.25) is 0 Å². The summed E-state index contributed by atoms with van der Waals surface area (Å²) in [4.78, 5) is 9.78. The Balaban J connectivity index is 2.01. The predicted octanol–water partition coefficient (Wildman–Crippen LogP) is 2.22. The number of likely N-dealkylation sites (N-methyl/N-ethyl adjacent to an activating group) is 1. The minimum Gasteiger partial charge on any atom is -0.391 e. The van der Waals surface area contributed by atoms with Crippen LogP contribution in [0.15, 0.2) is 30.5 Å². The van der Waals surface area contributed by atoms with E-state index in [-0.39, 0.29) is 6.61 Å². The lowest BCUT2D eigenvalue weighted by atomic mass is 10.2. The molecule has 3 rings (SSSR count). The highest BCUT2D eigenvalue weighted by molar-refractivity contribution is 7.15. The third-order valence-corrected chi connectivity index (χ3v) is 4.18. The normalized spacial score (nSPS) is 14.8. The van der Waals surface area contributed by atoms with Crippen LogP contribution in [-0.4, -0.2) is 30.2 Å². The fraction of sp³-hybridized carbons (Fsp3) is 0.308. The first-order valence-electron chi connectivity index (χ1n) is 5.93. The van der Waals surface area contributed by atoms with Gasteiger partial charge in [0.2, 0.25) is 0 Å². The zero-order valence-corrected chi connectivity index (χ0v) is 11.0. The highest BCUT2D eigenvalue weighted by Gasteiger charge is 2.22. The zero-order valence-electron chi connectivity index (χ0n) is 10.2. The summed E-state index contributed by atoms with van der Waals surface area (Å²) in [5, 5.41) is 10.1. The molecule has 5 heteroatoms. The van der Waals surface area contributed by atoms with E-state index in [0.717, 1.165) is 23.1 Å². The number of nitrogens with zero attached hydrogens (tertiary/aromatic N) is 3. The van der Waals surface area contributed by atoms with Crippen LogP contribution in [-0.2, 0) is 6.61 Å². The number of fused-ring (bicyclic) bond motifs is 1. The van der Waals surface area contributed by atoms with Gasteiger partial charge in [0.05, 0.1) is 22.9 Å². The summed E-state index contributed by atoms with van der Waals surface area (Å²) in [6, 6.07) is 8.35. The number of aliphatic hydroxyl groups excluding tert-OH is 1. The van der Waals surface area contributed by atoms with Crippen LogP contribution < -0.4 is 9.80 Å². The van der Waals surface area contributed by atoms with Crippen LogP contribution in [0.5, 0.6) is 0 Å². The maximum atomic E-state index is 9.13. The number of rotatable bonds is 2. The van der Waals surface area contributed by atoms with E-state index in [1.807, 2.05) is 6.07 Å². The van der Waals surface area contributed by atoms with Crippen molar-refractivity contribution < 1.29 is 5.11 Å². The minimum atomic E-state index is 0.0626. The van der Waals surface area contributed by atoms with E-state index in [0.29, 0.717) is 0 Å². The van der Waals surface area contributed by atoms with E-state index < -0.39 is 0 Å². The molecule has 1 N–H and O–H groups in total. The lowest BCUT2D eigenvalue weighted by Crippen LogP contribution is -2.36. The van der Waals surface area contributed by atoms with Crippen molar-refractivity contribution >= 4 is 27.8 Å². The first-order valence-corrected chi connectivity index (χ1v) is 6.74. The number of hydrogen-bond acceptors (Lipinski definition) is 5. The molecule has 0 aliphatic carbocycles. The van der Waals surface area contributed by atoms with Crippen molar-refractivity contribution in [1.29, 1.82) is 0 Å². The van der Waals surface area contributed by atoms with Crippen LogP contribution in [0, 0.1) is 0 Å². The van der Waals surface area contributed by atoms with Gasteiger partial charge >= 0.3 is 0 Å². The lowest BCUT2D eigenvalue weighted by molar-refractivity contribution is 0.285. The molecule has 1 aromatic carbocycles. The molecule has 0 spiro atoms. The number of aromatic nitrogens is 1. The Bertz CT molecular complexity index is 555. The molecule has 0 saturated heterocycles. The molecule has 2 heterocycles. The van der Waals surface area contributed by atoms with Crippen molar-refractivity contribution in [2.75, 3.05) is 29.9 Å². The number of thiazole rings is 1. The quantitative estimate of drug-likeness (QED) is 0.900. The van der Waals surface area contributed by atoms with E-state index >= 15 is 0 Å². The van der Waals surface area contributed by atoms with E-state index in [2.05, 4.69) is 40.0 Å². The molecule has 18 heavy (non-hydrogen) atoms. The second-order valence-corrected chi connectivity index (χ2v) is 5.42. The number of benzene rings is 1. The van der Waals surface area contributed by atoms with Gasteiger partial charge < -0.3 is 14.9 Å². The first kappa shape index (κ1) is 11.5. The van der Waals surface area contributed by atoms with E-state index in [4.69, 9.17) is 5.11 Å². The molecule has 0 atom stereocenters. The van der Waals surface area contributed by atoms with Crippen molar-refractivity contribution in [3.63, 3.8) is 0 Å². The second kappa shape index (κ2) is 4.59. The minimum absolute atomic E-state index is 0.0626. The molecule has 0 bridgehead atoms. The van der Waals surface area contributed by atoms with Gasteiger partial charge in [-0.2, -0.15) is 0 Å². The largest absolute Gasteiger partial charge is 0.391 e. The van der Waals surface area contributed by atoms with Crippen LogP contribution in [0.4, 0.5) is 16.5 Å². The van der Waals surface area contributed by atoms with Crippen molar-refractivity contribution in [3.8, 4) is 0 Å². The Morgan fingerprint density at radius 2 is 2.06 bits per heavy atom. The Morgan fingerprint density at radius 3 is 2.78 bits per heavy atom. The van der Waals surface area contributed by atoms with E-state index in [9.17, 15) is 0 Å². The zero-order chi connectivity index (χ0) is 12.5. The first-order chi connectivity index (χ1) is 8.79. The SMILES string of the molecule is CN1CCN(c2ncc(CO)s2)c2ccccc21. The predicted molar refractivity (Wildman–Crippen MR) is 74.8 cm³/mol. The van der Waals surface area contributed by atoms with Crippen molar-refractivity contribution in [3.05, 3.63) is 35.3 Å². The molecule has 0 unspecified atom stereocenters. The standard InChI is InChI=1S/C13H15N3OS/c1-15-6-7-16(12-5-3-2-4-11(12)15)13-14-8-10(9-17)18-13/h2-5,8,17H,6-7,9H2,1H3. The molecule has 0 radical (unpaired) electrons. The number of anilines is 3. The van der Waals surface area contributed by atoms with Gasteiger partial charge in [-0.25, -0.2) is 4.98 Å². The average Bonchev–Trinajstić information content (AvgIpc) is 2.88. The highest BCUT2D eigenvalue weighted by atomic mass is 32.1. The third kappa shape index (κ3) is 1.85. The fourth-order valence-corrected chi connectivity index (χ4v) is 3.01. The van der Waals surface area contributed by atoms with Crippen LogP contribution in [0.25, 0.3) is 0 Å². The summed E-state index contributed by atoms with van der Waals surface area (Å²) < 4.78 is 0. The number of para-hydroxylation sites is 2. The molecule has 0 amide bonds. The maximum Gasteiger partial charge on any atom is 0.190 e. The summed E-state index contributed by atoms with van der Waals surface area (Å²) in [5.41, 5.74) is 2.41. The fourth-order valence-electron chi connectivity index (χ4n) is 2.20. The number of hydrogen-bond donors (Lipinski definition) is 1. The summed E-state index contributed by atoms with van der Waals surface area (Å²) in [6.07, 6.45) is 1.75.